The van der Waals surface area contributed by atoms with Gasteiger partial charge >= 0.3 is 5.97 Å². The molecule has 0 fully saturated rings. The van der Waals surface area contributed by atoms with E-state index in [0.717, 1.165) is 24.3 Å². The van der Waals surface area contributed by atoms with Crippen LogP contribution in [0.1, 0.15) is 10.4 Å². The van der Waals surface area contributed by atoms with Crippen molar-refractivity contribution in [2.24, 2.45) is 0 Å². The number of benzene rings is 3. The highest BCUT2D eigenvalue weighted by atomic mass is 19.1. The van der Waals surface area contributed by atoms with E-state index in [0.29, 0.717) is 11.1 Å². The molecule has 0 aliphatic heterocycles. The largest absolute Gasteiger partial charge is 0.479 e. The van der Waals surface area contributed by atoms with Gasteiger partial charge in [0.1, 0.15) is 23.1 Å². The molecule has 2 N–H and O–H groups in total. The minimum absolute atomic E-state index is 0.306. The highest BCUT2D eigenvalue weighted by Crippen LogP contribution is 2.29. The Balaban J connectivity index is 1.92. The van der Waals surface area contributed by atoms with Gasteiger partial charge in [0.15, 0.2) is 18.2 Å². The van der Waals surface area contributed by atoms with Crippen LogP contribution in [0.4, 0.5) is 23.2 Å². The second-order valence-electron chi connectivity index (χ2n) is 6.08. The zero-order valence-corrected chi connectivity index (χ0v) is 15.1. The van der Waals surface area contributed by atoms with Gasteiger partial charge in [-0.3, -0.25) is 4.79 Å². The molecule has 154 valence electrons. The minimum Gasteiger partial charge on any atom is -0.479 e. The van der Waals surface area contributed by atoms with Gasteiger partial charge in [0, 0.05) is 0 Å². The van der Waals surface area contributed by atoms with Crippen molar-refractivity contribution in [1.29, 1.82) is 0 Å². The maximum Gasteiger partial charge on any atom is 0.341 e. The molecule has 0 heterocycles. The Labute approximate surface area is 167 Å². The lowest BCUT2D eigenvalue weighted by atomic mass is 10.0. The van der Waals surface area contributed by atoms with Crippen LogP contribution in [0.25, 0.3) is 11.1 Å². The van der Waals surface area contributed by atoms with Crippen molar-refractivity contribution in [3.05, 3.63) is 83.4 Å². The molecule has 0 saturated heterocycles. The number of halogens is 4. The molecule has 0 atom stereocenters. The average molecular weight is 419 g/mol. The minimum atomic E-state index is -1.39. The number of ether oxygens (including phenoxy) is 1. The maximum atomic E-state index is 14.4. The Kier molecular flexibility index (Phi) is 6.01. The smallest absolute Gasteiger partial charge is 0.341 e. The van der Waals surface area contributed by atoms with Gasteiger partial charge < -0.3 is 15.2 Å². The lowest BCUT2D eigenvalue weighted by molar-refractivity contribution is -0.139. The summed E-state index contributed by atoms with van der Waals surface area (Å²) in [6.45, 7) is -0.889. The van der Waals surface area contributed by atoms with Crippen molar-refractivity contribution >= 4 is 17.6 Å². The van der Waals surface area contributed by atoms with Gasteiger partial charge in [-0.05, 0) is 47.5 Å². The van der Waals surface area contributed by atoms with E-state index < -0.39 is 58.8 Å². The number of hydrogen-bond acceptors (Lipinski definition) is 3. The normalized spacial score (nSPS) is 10.5. The van der Waals surface area contributed by atoms with Crippen LogP contribution < -0.4 is 10.1 Å². The molecule has 0 aromatic heterocycles. The fourth-order valence-electron chi connectivity index (χ4n) is 2.63. The molecule has 0 aliphatic carbocycles. The Morgan fingerprint density at radius 2 is 1.60 bits per heavy atom. The zero-order chi connectivity index (χ0) is 21.8. The molecule has 0 unspecified atom stereocenters. The van der Waals surface area contributed by atoms with Gasteiger partial charge in [0.05, 0.1) is 5.56 Å². The predicted molar refractivity (Wildman–Crippen MR) is 99.2 cm³/mol. The van der Waals surface area contributed by atoms with Gasteiger partial charge in [-0.2, -0.15) is 0 Å². The lowest BCUT2D eigenvalue weighted by Crippen LogP contribution is -2.17. The molecule has 3 aromatic carbocycles. The summed E-state index contributed by atoms with van der Waals surface area (Å²) in [7, 11) is 0. The van der Waals surface area contributed by atoms with Crippen LogP contribution in [0.15, 0.2) is 54.6 Å². The van der Waals surface area contributed by atoms with E-state index >= 15 is 0 Å². The fourth-order valence-corrected chi connectivity index (χ4v) is 2.63. The van der Waals surface area contributed by atoms with E-state index in [1.165, 1.54) is 24.3 Å². The SMILES string of the molecule is O=C(O)COc1ccc(F)c(NC(=O)c2cc(-c3cccc(F)c3)ccc2F)c1F. The quantitative estimate of drug-likeness (QED) is 0.572. The van der Waals surface area contributed by atoms with Gasteiger partial charge in [0.25, 0.3) is 5.91 Å². The molecule has 5 nitrogen and oxygen atoms in total. The molecule has 1 amide bonds. The number of carboxylic acid groups (broad SMARTS) is 1. The fraction of sp³-hybridized carbons (Fsp3) is 0.0476. The van der Waals surface area contributed by atoms with E-state index in [4.69, 9.17) is 9.84 Å². The summed E-state index contributed by atoms with van der Waals surface area (Å²) in [6, 6.07) is 10.4. The first-order valence-electron chi connectivity index (χ1n) is 8.45. The first kappa shape index (κ1) is 20.8. The molecule has 0 radical (unpaired) electrons. The second-order valence-corrected chi connectivity index (χ2v) is 6.08. The molecule has 0 spiro atoms. The third-order valence-corrected chi connectivity index (χ3v) is 4.01. The summed E-state index contributed by atoms with van der Waals surface area (Å²) >= 11 is 0. The zero-order valence-electron chi connectivity index (χ0n) is 15.1. The van der Waals surface area contributed by atoms with Crippen molar-refractivity contribution < 1.29 is 37.0 Å². The number of carbonyl (C=O) groups excluding carboxylic acids is 1. The van der Waals surface area contributed by atoms with Crippen molar-refractivity contribution in [2.75, 3.05) is 11.9 Å². The van der Waals surface area contributed by atoms with E-state index in [-0.39, 0.29) is 0 Å². The molecule has 0 saturated carbocycles. The summed E-state index contributed by atoms with van der Waals surface area (Å²) in [6.07, 6.45) is 0. The monoisotopic (exact) mass is 419 g/mol. The Morgan fingerprint density at radius 3 is 2.30 bits per heavy atom. The average Bonchev–Trinajstić information content (AvgIpc) is 2.70. The molecule has 3 aromatic rings. The van der Waals surface area contributed by atoms with Gasteiger partial charge in [-0.15, -0.1) is 0 Å². The summed E-state index contributed by atoms with van der Waals surface area (Å²) < 4.78 is 60.8. The number of hydrogen-bond donors (Lipinski definition) is 2. The van der Waals surface area contributed by atoms with Crippen molar-refractivity contribution in [3.63, 3.8) is 0 Å². The number of carboxylic acids is 1. The third kappa shape index (κ3) is 4.57. The van der Waals surface area contributed by atoms with Crippen LogP contribution in [0.2, 0.25) is 0 Å². The molecule has 0 aliphatic rings. The molecule has 0 bridgehead atoms. The number of aliphatic carboxylic acids is 1. The van der Waals surface area contributed by atoms with E-state index in [2.05, 4.69) is 0 Å². The van der Waals surface area contributed by atoms with Crippen LogP contribution in [-0.2, 0) is 4.79 Å². The van der Waals surface area contributed by atoms with Crippen LogP contribution in [0.3, 0.4) is 0 Å². The van der Waals surface area contributed by atoms with Crippen molar-refractivity contribution in [1.82, 2.24) is 0 Å². The van der Waals surface area contributed by atoms with Crippen LogP contribution in [0.5, 0.6) is 5.75 Å². The highest BCUT2D eigenvalue weighted by Gasteiger charge is 2.21. The lowest BCUT2D eigenvalue weighted by Gasteiger charge is -2.12. The molecular formula is C21H13F4NO4. The standard InChI is InChI=1S/C21H13F4NO4/c22-13-3-1-2-11(8-13)12-4-5-15(23)14(9-12)21(29)26-20-16(24)6-7-17(19(20)25)30-10-18(27)28/h1-9H,10H2,(H,26,29)(H,27,28). The van der Waals surface area contributed by atoms with E-state index in [9.17, 15) is 27.2 Å². The van der Waals surface area contributed by atoms with E-state index in [1.807, 2.05) is 5.32 Å². The van der Waals surface area contributed by atoms with Crippen LogP contribution in [0, 0.1) is 23.3 Å². The van der Waals surface area contributed by atoms with Gasteiger partial charge in [0.2, 0.25) is 0 Å². The highest BCUT2D eigenvalue weighted by molar-refractivity contribution is 6.05. The summed E-state index contributed by atoms with van der Waals surface area (Å²) in [5.74, 6) is -7.20. The van der Waals surface area contributed by atoms with Crippen LogP contribution in [-0.4, -0.2) is 23.6 Å². The van der Waals surface area contributed by atoms with Crippen LogP contribution >= 0.6 is 0 Å². The van der Waals surface area contributed by atoms with Gasteiger partial charge in [-0.1, -0.05) is 18.2 Å². The molecule has 3 rings (SSSR count). The Hall–Kier alpha value is -3.88. The van der Waals surface area contributed by atoms with Crippen molar-refractivity contribution in [3.8, 4) is 16.9 Å². The van der Waals surface area contributed by atoms with Gasteiger partial charge in [-0.25, -0.2) is 22.4 Å². The molecular weight excluding hydrogens is 406 g/mol. The Bertz CT molecular complexity index is 1130. The Morgan fingerprint density at radius 1 is 0.900 bits per heavy atom. The molecule has 9 heteroatoms. The number of amides is 1. The van der Waals surface area contributed by atoms with Crippen molar-refractivity contribution in [2.45, 2.75) is 0 Å². The number of rotatable bonds is 6. The summed E-state index contributed by atoms with van der Waals surface area (Å²) in [5, 5.41) is 10.5. The maximum absolute atomic E-state index is 14.4. The topological polar surface area (TPSA) is 75.6 Å². The molecule has 30 heavy (non-hydrogen) atoms. The second kappa shape index (κ2) is 8.64. The number of carbonyl (C=O) groups is 2. The van der Waals surface area contributed by atoms with E-state index in [1.54, 1.807) is 6.07 Å². The predicted octanol–water partition coefficient (Wildman–Crippen LogP) is 4.63. The third-order valence-electron chi connectivity index (χ3n) is 4.01. The number of nitrogens with one attached hydrogen (secondary N) is 1. The first-order valence-corrected chi connectivity index (χ1v) is 8.45. The summed E-state index contributed by atoms with van der Waals surface area (Å²) in [4.78, 5) is 23.0. The first-order chi connectivity index (χ1) is 14.3. The number of anilines is 1. The summed E-state index contributed by atoms with van der Waals surface area (Å²) in [5.41, 5.74) is -0.795.